The summed E-state index contributed by atoms with van der Waals surface area (Å²) in [6.45, 7) is 1.79. The topological polar surface area (TPSA) is 44.4 Å². The third-order valence-corrected chi connectivity index (χ3v) is 4.45. The largest absolute Gasteiger partial charge is 0.353 e. The summed E-state index contributed by atoms with van der Waals surface area (Å²) in [5.41, 5.74) is 0.203. The van der Waals surface area contributed by atoms with Crippen LogP contribution in [-0.2, 0) is 4.79 Å². The maximum atomic E-state index is 12.0. The van der Waals surface area contributed by atoms with Crippen LogP contribution in [0.2, 0.25) is 0 Å². The van der Waals surface area contributed by atoms with Crippen LogP contribution in [0.25, 0.3) is 0 Å². The second-order valence-corrected chi connectivity index (χ2v) is 5.69. The molecule has 1 aliphatic heterocycles. The van der Waals surface area contributed by atoms with Gasteiger partial charge in [-0.05, 0) is 46.3 Å². The predicted octanol–water partition coefficient (Wildman–Crippen LogP) is 0.729. The van der Waals surface area contributed by atoms with E-state index in [4.69, 9.17) is 0 Å². The molecule has 1 heterocycles. The number of amides is 1. The normalized spacial score (nSPS) is 27.6. The number of nitrogens with one attached hydrogen (secondary N) is 2. The molecule has 0 aromatic rings. The van der Waals surface area contributed by atoms with E-state index >= 15 is 0 Å². The van der Waals surface area contributed by atoms with Crippen molar-refractivity contribution in [1.82, 2.24) is 15.5 Å². The molecule has 1 atom stereocenters. The van der Waals surface area contributed by atoms with Crippen LogP contribution in [0.5, 0.6) is 0 Å². The van der Waals surface area contributed by atoms with Crippen LogP contribution in [0.4, 0.5) is 0 Å². The molecule has 1 saturated heterocycles. The van der Waals surface area contributed by atoms with Gasteiger partial charge in [-0.3, -0.25) is 4.79 Å². The van der Waals surface area contributed by atoms with Gasteiger partial charge in [0.1, 0.15) is 0 Å². The quantitative estimate of drug-likeness (QED) is 0.760. The fraction of sp³-hybridized carbons (Fsp3) is 0.923. The van der Waals surface area contributed by atoms with Crippen LogP contribution >= 0.6 is 0 Å². The van der Waals surface area contributed by atoms with Gasteiger partial charge in [0.2, 0.25) is 5.91 Å². The van der Waals surface area contributed by atoms with Gasteiger partial charge in [0, 0.05) is 12.1 Å². The Labute approximate surface area is 104 Å². The number of carbonyl (C=O) groups excluding carboxylic acids is 1. The first-order valence-corrected chi connectivity index (χ1v) is 6.83. The molecule has 0 aromatic carbocycles. The average Bonchev–Trinajstić information content (AvgIpc) is 2.97. The smallest absolute Gasteiger partial charge is 0.237 e. The molecule has 4 heteroatoms. The Morgan fingerprint density at radius 1 is 1.35 bits per heavy atom. The van der Waals surface area contributed by atoms with Gasteiger partial charge in [0.25, 0.3) is 0 Å². The van der Waals surface area contributed by atoms with Gasteiger partial charge in [-0.2, -0.15) is 0 Å². The second-order valence-electron chi connectivity index (χ2n) is 5.69. The lowest BCUT2D eigenvalue weighted by Gasteiger charge is -2.36. The molecule has 4 nitrogen and oxygen atoms in total. The Morgan fingerprint density at radius 2 is 2.06 bits per heavy atom. The van der Waals surface area contributed by atoms with Crippen molar-refractivity contribution in [3.8, 4) is 0 Å². The van der Waals surface area contributed by atoms with Gasteiger partial charge >= 0.3 is 0 Å². The van der Waals surface area contributed by atoms with Crippen LogP contribution in [0.15, 0.2) is 0 Å². The summed E-state index contributed by atoms with van der Waals surface area (Å²) in [5, 5.41) is 6.39. The molecular formula is C13H25N3O. The molecular weight excluding hydrogens is 214 g/mol. The van der Waals surface area contributed by atoms with Gasteiger partial charge in [-0.1, -0.05) is 12.8 Å². The summed E-state index contributed by atoms with van der Waals surface area (Å²) in [6, 6.07) is 0.0515. The summed E-state index contributed by atoms with van der Waals surface area (Å²) < 4.78 is 0. The molecule has 1 saturated carbocycles. The molecule has 2 N–H and O–H groups in total. The highest BCUT2D eigenvalue weighted by atomic mass is 16.2. The molecule has 1 aliphatic carbocycles. The van der Waals surface area contributed by atoms with Crippen molar-refractivity contribution >= 4 is 5.91 Å². The summed E-state index contributed by atoms with van der Waals surface area (Å²) >= 11 is 0. The zero-order chi connectivity index (χ0) is 12.3. The monoisotopic (exact) mass is 239 g/mol. The standard InChI is InChI=1S/C13H25N3O/c1-16(2)13(7-3-4-8-13)10-15-12(17)11-6-5-9-14-11/h11,14H,3-10H2,1-2H3,(H,15,17)/t11-/m1/s1. The zero-order valence-electron chi connectivity index (χ0n) is 11.1. The van der Waals surface area contributed by atoms with E-state index in [1.165, 1.54) is 25.7 Å². The molecule has 98 valence electrons. The maximum Gasteiger partial charge on any atom is 0.237 e. The molecule has 2 fully saturated rings. The van der Waals surface area contributed by atoms with Crippen LogP contribution in [0, 0.1) is 0 Å². The molecule has 17 heavy (non-hydrogen) atoms. The highest BCUT2D eigenvalue weighted by molar-refractivity contribution is 5.82. The first-order valence-electron chi connectivity index (χ1n) is 6.83. The Morgan fingerprint density at radius 3 is 2.59 bits per heavy atom. The Hall–Kier alpha value is -0.610. The molecule has 2 aliphatic rings. The van der Waals surface area contributed by atoms with E-state index in [1.54, 1.807) is 0 Å². The van der Waals surface area contributed by atoms with Gasteiger partial charge in [-0.15, -0.1) is 0 Å². The second kappa shape index (κ2) is 5.36. The number of likely N-dealkylation sites (N-methyl/N-ethyl adjacent to an activating group) is 1. The number of rotatable bonds is 4. The minimum atomic E-state index is 0.0515. The molecule has 0 spiro atoms. The van der Waals surface area contributed by atoms with Crippen LogP contribution in [0.3, 0.4) is 0 Å². The summed E-state index contributed by atoms with van der Waals surface area (Å²) in [7, 11) is 4.26. The highest BCUT2D eigenvalue weighted by Gasteiger charge is 2.36. The van der Waals surface area contributed by atoms with Gasteiger partial charge in [0.15, 0.2) is 0 Å². The van der Waals surface area contributed by atoms with Crippen molar-refractivity contribution in [3.63, 3.8) is 0 Å². The number of hydrogen-bond acceptors (Lipinski definition) is 3. The van der Waals surface area contributed by atoms with E-state index in [2.05, 4.69) is 29.6 Å². The Kier molecular flexibility index (Phi) is 4.05. The van der Waals surface area contributed by atoms with Crippen molar-refractivity contribution in [2.75, 3.05) is 27.2 Å². The van der Waals surface area contributed by atoms with Crippen molar-refractivity contribution in [3.05, 3.63) is 0 Å². The van der Waals surface area contributed by atoms with Gasteiger partial charge < -0.3 is 15.5 Å². The summed E-state index contributed by atoms with van der Waals surface area (Å²) in [4.78, 5) is 14.3. The van der Waals surface area contributed by atoms with Crippen molar-refractivity contribution < 1.29 is 4.79 Å². The van der Waals surface area contributed by atoms with Crippen LogP contribution in [-0.4, -0.2) is 49.6 Å². The fourth-order valence-electron chi connectivity index (χ4n) is 3.10. The number of carbonyl (C=O) groups is 1. The summed E-state index contributed by atoms with van der Waals surface area (Å²) in [6.07, 6.45) is 7.10. The van der Waals surface area contributed by atoms with E-state index in [0.29, 0.717) is 0 Å². The van der Waals surface area contributed by atoms with E-state index in [-0.39, 0.29) is 17.5 Å². The van der Waals surface area contributed by atoms with Crippen LogP contribution < -0.4 is 10.6 Å². The lowest BCUT2D eigenvalue weighted by Crippen LogP contribution is -2.53. The van der Waals surface area contributed by atoms with E-state index in [1.807, 2.05) is 0 Å². The van der Waals surface area contributed by atoms with Crippen molar-refractivity contribution in [2.24, 2.45) is 0 Å². The molecule has 2 rings (SSSR count). The Balaban J connectivity index is 1.85. The fourth-order valence-corrected chi connectivity index (χ4v) is 3.10. The third-order valence-electron chi connectivity index (χ3n) is 4.45. The van der Waals surface area contributed by atoms with E-state index < -0.39 is 0 Å². The zero-order valence-corrected chi connectivity index (χ0v) is 11.1. The maximum absolute atomic E-state index is 12.0. The van der Waals surface area contributed by atoms with E-state index in [9.17, 15) is 4.79 Å². The Bertz CT molecular complexity index is 266. The molecule has 1 amide bonds. The van der Waals surface area contributed by atoms with Crippen LogP contribution in [0.1, 0.15) is 38.5 Å². The molecule has 0 radical (unpaired) electrons. The molecule has 0 aromatic heterocycles. The highest BCUT2D eigenvalue weighted by Crippen LogP contribution is 2.33. The SMILES string of the molecule is CN(C)C1(CNC(=O)[C@H]2CCCN2)CCCC1. The predicted molar refractivity (Wildman–Crippen MR) is 68.9 cm³/mol. The lowest BCUT2D eigenvalue weighted by atomic mass is 9.96. The average molecular weight is 239 g/mol. The number of nitrogens with zero attached hydrogens (tertiary/aromatic N) is 1. The molecule has 0 bridgehead atoms. The third kappa shape index (κ3) is 2.80. The minimum Gasteiger partial charge on any atom is -0.353 e. The van der Waals surface area contributed by atoms with E-state index in [0.717, 1.165) is 25.9 Å². The van der Waals surface area contributed by atoms with Gasteiger partial charge in [-0.25, -0.2) is 0 Å². The summed E-state index contributed by atoms with van der Waals surface area (Å²) in [5.74, 6) is 0.190. The molecule has 0 unspecified atom stereocenters. The van der Waals surface area contributed by atoms with Gasteiger partial charge in [0.05, 0.1) is 6.04 Å². The number of hydrogen-bond donors (Lipinski definition) is 2. The lowest BCUT2D eigenvalue weighted by molar-refractivity contribution is -0.123. The first kappa shape index (κ1) is 12.8. The minimum absolute atomic E-state index is 0.0515. The van der Waals surface area contributed by atoms with Crippen molar-refractivity contribution in [1.29, 1.82) is 0 Å². The first-order chi connectivity index (χ1) is 8.14. The van der Waals surface area contributed by atoms with Crippen molar-refractivity contribution in [2.45, 2.75) is 50.1 Å².